The monoisotopic (exact) mass is 429 g/mol. The third-order valence-electron chi connectivity index (χ3n) is 4.76. The zero-order chi connectivity index (χ0) is 21.6. The summed E-state index contributed by atoms with van der Waals surface area (Å²) in [5.41, 5.74) is 4.19. The number of hydrogen-bond acceptors (Lipinski definition) is 5. The average molecular weight is 430 g/mol. The first kappa shape index (κ1) is 20.5. The molecule has 0 amide bonds. The normalized spacial score (nSPS) is 10.5. The van der Waals surface area contributed by atoms with E-state index < -0.39 is 0 Å². The molecule has 5 nitrogen and oxygen atoms in total. The van der Waals surface area contributed by atoms with E-state index in [9.17, 15) is 5.26 Å². The highest BCUT2D eigenvalue weighted by molar-refractivity contribution is 6.31. The number of halogens is 1. The molecule has 0 fully saturated rings. The second kappa shape index (κ2) is 9.38. The van der Waals surface area contributed by atoms with Crippen LogP contribution in [0.4, 0.5) is 5.88 Å². The second-order valence-electron chi connectivity index (χ2n) is 7.05. The predicted octanol–water partition coefficient (Wildman–Crippen LogP) is 6.37. The first-order valence-corrected chi connectivity index (χ1v) is 10.2. The van der Waals surface area contributed by atoms with Gasteiger partial charge in [0.1, 0.15) is 18.4 Å². The minimum Gasteiger partial charge on any atom is -0.489 e. The molecule has 0 unspecified atom stereocenters. The molecule has 154 valence electrons. The average Bonchev–Trinajstić information content (AvgIpc) is 3.22. The first-order valence-electron chi connectivity index (χ1n) is 9.79. The van der Waals surface area contributed by atoms with Gasteiger partial charge in [-0.25, -0.2) is 0 Å². The fourth-order valence-corrected chi connectivity index (χ4v) is 3.19. The van der Waals surface area contributed by atoms with Gasteiger partial charge in [0.25, 0.3) is 0 Å². The van der Waals surface area contributed by atoms with Crippen molar-refractivity contribution in [3.8, 4) is 23.3 Å². The van der Waals surface area contributed by atoms with Crippen molar-refractivity contribution in [1.82, 2.24) is 4.98 Å². The van der Waals surface area contributed by atoms with E-state index in [2.05, 4.69) is 16.4 Å². The Kier molecular flexibility index (Phi) is 6.21. The molecular weight excluding hydrogens is 410 g/mol. The van der Waals surface area contributed by atoms with Crippen LogP contribution in [0.1, 0.15) is 22.4 Å². The van der Waals surface area contributed by atoms with Crippen molar-refractivity contribution in [1.29, 1.82) is 5.26 Å². The highest BCUT2D eigenvalue weighted by Crippen LogP contribution is 2.28. The summed E-state index contributed by atoms with van der Waals surface area (Å²) in [5.74, 6) is 1.44. The Morgan fingerprint density at radius 3 is 2.48 bits per heavy atom. The van der Waals surface area contributed by atoms with Crippen LogP contribution in [0.5, 0.6) is 5.75 Å². The van der Waals surface area contributed by atoms with Crippen LogP contribution in [0.15, 0.2) is 77.2 Å². The molecule has 0 bridgehead atoms. The molecule has 6 heteroatoms. The van der Waals surface area contributed by atoms with E-state index in [0.29, 0.717) is 35.7 Å². The summed E-state index contributed by atoms with van der Waals surface area (Å²) in [6.45, 7) is 2.96. The van der Waals surface area contributed by atoms with E-state index in [1.807, 2.05) is 79.7 Å². The smallest absolute Gasteiger partial charge is 0.232 e. The Morgan fingerprint density at radius 2 is 1.77 bits per heavy atom. The number of nitriles is 1. The molecule has 0 spiro atoms. The molecule has 1 heterocycles. The predicted molar refractivity (Wildman–Crippen MR) is 121 cm³/mol. The largest absolute Gasteiger partial charge is 0.489 e. The topological polar surface area (TPSA) is 71.1 Å². The molecule has 0 radical (unpaired) electrons. The first-order chi connectivity index (χ1) is 15.1. The molecule has 31 heavy (non-hydrogen) atoms. The van der Waals surface area contributed by atoms with Crippen molar-refractivity contribution in [3.05, 3.63) is 100 Å². The quantitative estimate of drug-likeness (QED) is 0.369. The summed E-state index contributed by atoms with van der Waals surface area (Å²) in [4.78, 5) is 4.31. The van der Waals surface area contributed by atoms with Crippen molar-refractivity contribution in [2.75, 3.05) is 5.32 Å². The molecule has 0 aliphatic heterocycles. The number of aromatic nitrogens is 1. The van der Waals surface area contributed by atoms with E-state index in [-0.39, 0.29) is 5.69 Å². The van der Waals surface area contributed by atoms with E-state index in [1.165, 1.54) is 5.56 Å². The summed E-state index contributed by atoms with van der Waals surface area (Å²) in [6, 6.07) is 25.2. The Hall–Kier alpha value is -3.75. The standard InChI is InChI=1S/C25H20ClN3O2/c1-17-6-8-18(9-7-17)15-28-25-23(14-27)29-24(31-25)19-10-12-21(13-11-19)30-16-20-4-2-3-5-22(20)26/h2-13,28H,15-16H2,1H3. The molecule has 3 aromatic carbocycles. The van der Waals surface area contributed by atoms with Crippen molar-refractivity contribution >= 4 is 17.5 Å². The lowest BCUT2D eigenvalue weighted by Gasteiger charge is -2.08. The molecule has 0 aliphatic carbocycles. The second-order valence-corrected chi connectivity index (χ2v) is 7.46. The lowest BCUT2D eigenvalue weighted by atomic mass is 10.1. The summed E-state index contributed by atoms with van der Waals surface area (Å²) in [5, 5.41) is 13.2. The number of nitrogens with one attached hydrogen (secondary N) is 1. The molecule has 1 N–H and O–H groups in total. The van der Waals surface area contributed by atoms with Crippen molar-refractivity contribution < 1.29 is 9.15 Å². The zero-order valence-corrected chi connectivity index (χ0v) is 17.7. The highest BCUT2D eigenvalue weighted by atomic mass is 35.5. The van der Waals surface area contributed by atoms with Gasteiger partial charge in [0.15, 0.2) is 0 Å². The molecule has 4 aromatic rings. The SMILES string of the molecule is Cc1ccc(CNc2oc(-c3ccc(OCc4ccccc4Cl)cc3)nc2C#N)cc1. The van der Waals surface area contributed by atoms with E-state index >= 15 is 0 Å². The minimum atomic E-state index is 0.223. The van der Waals surface area contributed by atoms with Crippen molar-refractivity contribution in [3.63, 3.8) is 0 Å². The fourth-order valence-electron chi connectivity index (χ4n) is 3.00. The minimum absolute atomic E-state index is 0.223. The van der Waals surface area contributed by atoms with Gasteiger partial charge in [0, 0.05) is 22.7 Å². The van der Waals surface area contributed by atoms with E-state index in [1.54, 1.807) is 0 Å². The van der Waals surface area contributed by atoms with E-state index in [4.69, 9.17) is 20.8 Å². The van der Waals surface area contributed by atoms with Gasteiger partial charge >= 0.3 is 0 Å². The van der Waals surface area contributed by atoms with Crippen LogP contribution in [-0.4, -0.2) is 4.98 Å². The summed E-state index contributed by atoms with van der Waals surface area (Å²) in [7, 11) is 0. The molecular formula is C25H20ClN3O2. The van der Waals surface area contributed by atoms with Crippen LogP contribution in [0.25, 0.3) is 11.5 Å². The van der Waals surface area contributed by atoms with Crippen molar-refractivity contribution in [2.45, 2.75) is 20.1 Å². The van der Waals surface area contributed by atoms with Crippen molar-refractivity contribution in [2.24, 2.45) is 0 Å². The number of aryl methyl sites for hydroxylation is 1. The Labute approximate surface area is 185 Å². The number of oxazole rings is 1. The third kappa shape index (κ3) is 5.06. The summed E-state index contributed by atoms with van der Waals surface area (Å²) in [6.07, 6.45) is 0. The van der Waals surface area contributed by atoms with Gasteiger partial charge in [0.2, 0.25) is 17.5 Å². The Bertz CT molecular complexity index is 1210. The molecule has 0 aliphatic rings. The maximum atomic E-state index is 9.41. The number of anilines is 1. The van der Waals surface area contributed by atoms with Gasteiger partial charge in [-0.3, -0.25) is 0 Å². The van der Waals surface area contributed by atoms with Gasteiger partial charge in [0.05, 0.1) is 0 Å². The lowest BCUT2D eigenvalue weighted by molar-refractivity contribution is 0.306. The number of ether oxygens (including phenoxy) is 1. The number of nitrogens with zero attached hydrogens (tertiary/aromatic N) is 2. The number of rotatable bonds is 7. The zero-order valence-electron chi connectivity index (χ0n) is 16.9. The van der Waals surface area contributed by atoms with Crippen LogP contribution >= 0.6 is 11.6 Å². The van der Waals surface area contributed by atoms with Crippen LogP contribution in [0, 0.1) is 18.3 Å². The van der Waals surface area contributed by atoms with Crippen LogP contribution < -0.4 is 10.1 Å². The van der Waals surface area contributed by atoms with Crippen LogP contribution in [-0.2, 0) is 13.2 Å². The van der Waals surface area contributed by atoms with Gasteiger partial charge < -0.3 is 14.5 Å². The molecule has 4 rings (SSSR count). The highest BCUT2D eigenvalue weighted by Gasteiger charge is 2.14. The number of hydrogen-bond donors (Lipinski definition) is 1. The number of benzene rings is 3. The lowest BCUT2D eigenvalue weighted by Crippen LogP contribution is -1.99. The Balaban J connectivity index is 1.43. The Morgan fingerprint density at radius 1 is 1.03 bits per heavy atom. The molecule has 0 saturated carbocycles. The van der Waals surface area contributed by atoms with Gasteiger partial charge in [-0.15, -0.1) is 0 Å². The maximum Gasteiger partial charge on any atom is 0.232 e. The summed E-state index contributed by atoms with van der Waals surface area (Å²) < 4.78 is 11.6. The molecule has 0 atom stereocenters. The summed E-state index contributed by atoms with van der Waals surface area (Å²) >= 11 is 6.17. The fraction of sp³-hybridized carbons (Fsp3) is 0.120. The molecule has 1 aromatic heterocycles. The molecule has 0 saturated heterocycles. The maximum absolute atomic E-state index is 9.41. The van der Waals surface area contributed by atoms with Crippen LogP contribution in [0.3, 0.4) is 0 Å². The van der Waals surface area contributed by atoms with Gasteiger partial charge in [-0.05, 0) is 42.8 Å². The van der Waals surface area contributed by atoms with Crippen LogP contribution in [0.2, 0.25) is 5.02 Å². The van der Waals surface area contributed by atoms with Gasteiger partial charge in [-0.1, -0.05) is 59.6 Å². The van der Waals surface area contributed by atoms with E-state index in [0.717, 1.165) is 16.7 Å². The van der Waals surface area contributed by atoms with Gasteiger partial charge in [-0.2, -0.15) is 10.2 Å². The third-order valence-corrected chi connectivity index (χ3v) is 5.13.